The maximum atomic E-state index is 12.6. The third kappa shape index (κ3) is 2.81. The Bertz CT molecular complexity index is 468. The number of aliphatic hydroxyl groups excluding tert-OH is 1. The number of amides is 1. The minimum Gasteiger partial charge on any atom is -0.391 e. The summed E-state index contributed by atoms with van der Waals surface area (Å²) in [7, 11) is 0. The van der Waals surface area contributed by atoms with Gasteiger partial charge < -0.3 is 10.0 Å². The summed E-state index contributed by atoms with van der Waals surface area (Å²) in [5.74, 6) is 0.0103. The number of piperidine rings is 1. The Morgan fingerprint density at radius 1 is 1.47 bits per heavy atom. The summed E-state index contributed by atoms with van der Waals surface area (Å²) >= 11 is 0. The lowest BCUT2D eigenvalue weighted by molar-refractivity contribution is 0.0472. The lowest BCUT2D eigenvalue weighted by Gasteiger charge is -2.30. The van der Waals surface area contributed by atoms with Crippen LogP contribution in [0.25, 0.3) is 0 Å². The van der Waals surface area contributed by atoms with Crippen molar-refractivity contribution < 1.29 is 9.90 Å². The molecule has 2 heterocycles. The van der Waals surface area contributed by atoms with E-state index in [1.54, 1.807) is 4.90 Å². The van der Waals surface area contributed by atoms with E-state index < -0.39 is 0 Å². The third-order valence-corrected chi connectivity index (χ3v) is 3.71. The van der Waals surface area contributed by atoms with Crippen LogP contribution < -0.4 is 0 Å². The highest BCUT2D eigenvalue weighted by Crippen LogP contribution is 2.19. The molecule has 0 saturated carbocycles. The van der Waals surface area contributed by atoms with Gasteiger partial charge in [-0.2, -0.15) is 5.10 Å². The van der Waals surface area contributed by atoms with Gasteiger partial charge in [0.15, 0.2) is 0 Å². The lowest BCUT2D eigenvalue weighted by Crippen LogP contribution is -2.42. The van der Waals surface area contributed by atoms with Crippen LogP contribution in [0.15, 0.2) is 0 Å². The topological polar surface area (TPSA) is 58.4 Å². The van der Waals surface area contributed by atoms with Gasteiger partial charge in [-0.1, -0.05) is 6.92 Å². The number of hydrogen-bond donors (Lipinski definition) is 1. The lowest BCUT2D eigenvalue weighted by atomic mass is 10.1. The number of rotatable bonds is 3. The predicted octanol–water partition coefficient (Wildman–Crippen LogP) is 1.51. The van der Waals surface area contributed by atoms with E-state index in [0.29, 0.717) is 12.1 Å². The van der Waals surface area contributed by atoms with E-state index in [9.17, 15) is 9.90 Å². The Hall–Kier alpha value is -1.36. The van der Waals surface area contributed by atoms with E-state index in [1.165, 1.54) is 0 Å². The van der Waals surface area contributed by atoms with Crippen LogP contribution in [0.3, 0.4) is 0 Å². The van der Waals surface area contributed by atoms with Gasteiger partial charge in [-0.15, -0.1) is 0 Å². The van der Waals surface area contributed by atoms with E-state index >= 15 is 0 Å². The van der Waals surface area contributed by atoms with E-state index in [4.69, 9.17) is 0 Å². The first-order valence-electron chi connectivity index (χ1n) is 7.06. The molecule has 106 valence electrons. The number of aliphatic hydroxyl groups is 1. The predicted molar refractivity (Wildman–Crippen MR) is 73.1 cm³/mol. The van der Waals surface area contributed by atoms with Gasteiger partial charge in [0.2, 0.25) is 0 Å². The highest BCUT2D eigenvalue weighted by Gasteiger charge is 2.27. The molecule has 0 spiro atoms. The first kappa shape index (κ1) is 14.1. The molecule has 1 fully saturated rings. The summed E-state index contributed by atoms with van der Waals surface area (Å²) in [5, 5.41) is 14.1. The number of aryl methyl sites for hydroxylation is 2. The highest BCUT2D eigenvalue weighted by molar-refractivity contribution is 5.96. The molecule has 5 nitrogen and oxygen atoms in total. The van der Waals surface area contributed by atoms with Crippen LogP contribution in [0.2, 0.25) is 0 Å². The fourth-order valence-electron chi connectivity index (χ4n) is 2.73. The molecule has 0 bridgehead atoms. The van der Waals surface area contributed by atoms with Crippen LogP contribution in [0, 0.1) is 13.8 Å². The van der Waals surface area contributed by atoms with Crippen molar-refractivity contribution in [2.24, 2.45) is 0 Å². The Balaban J connectivity index is 2.23. The minimum atomic E-state index is -0.385. The molecule has 1 atom stereocenters. The Morgan fingerprint density at radius 2 is 2.21 bits per heavy atom. The zero-order valence-electron chi connectivity index (χ0n) is 12.0. The molecule has 1 aromatic heterocycles. The summed E-state index contributed by atoms with van der Waals surface area (Å²) in [6, 6.07) is 0. The summed E-state index contributed by atoms with van der Waals surface area (Å²) < 4.78 is 1.91. The van der Waals surface area contributed by atoms with Crippen LogP contribution in [0.1, 0.15) is 47.9 Å². The second-order valence-electron chi connectivity index (χ2n) is 5.32. The SMILES string of the molecule is CCCn1nc(C)c(C(=O)N2CCCC(O)C2)c1C. The Morgan fingerprint density at radius 3 is 2.84 bits per heavy atom. The van der Waals surface area contributed by atoms with E-state index in [-0.39, 0.29) is 12.0 Å². The van der Waals surface area contributed by atoms with Crippen LogP contribution in [0.4, 0.5) is 0 Å². The normalized spacial score (nSPS) is 19.8. The van der Waals surface area contributed by atoms with Crippen molar-refractivity contribution in [2.45, 2.75) is 52.7 Å². The molecular weight excluding hydrogens is 242 g/mol. The van der Waals surface area contributed by atoms with Gasteiger partial charge in [0.1, 0.15) is 0 Å². The second-order valence-corrected chi connectivity index (χ2v) is 5.32. The van der Waals surface area contributed by atoms with Gasteiger partial charge in [0, 0.05) is 25.3 Å². The maximum Gasteiger partial charge on any atom is 0.257 e. The van der Waals surface area contributed by atoms with Crippen LogP contribution in [-0.4, -0.2) is 44.9 Å². The number of β-amino-alcohol motifs (C(OH)–C–C–N with tert-alkyl or cyclic N) is 1. The van der Waals surface area contributed by atoms with Gasteiger partial charge in [0.25, 0.3) is 5.91 Å². The zero-order chi connectivity index (χ0) is 14.0. The van der Waals surface area contributed by atoms with E-state index in [2.05, 4.69) is 12.0 Å². The average Bonchev–Trinajstić information content (AvgIpc) is 2.64. The quantitative estimate of drug-likeness (QED) is 0.901. The molecule has 5 heteroatoms. The summed E-state index contributed by atoms with van der Waals surface area (Å²) in [5.41, 5.74) is 2.43. The van der Waals surface area contributed by atoms with Crippen LogP contribution in [-0.2, 0) is 6.54 Å². The number of nitrogens with zero attached hydrogens (tertiary/aromatic N) is 3. The maximum absolute atomic E-state index is 12.6. The van der Waals surface area contributed by atoms with Crippen molar-refractivity contribution >= 4 is 5.91 Å². The molecule has 1 aliphatic rings. The van der Waals surface area contributed by atoms with Gasteiger partial charge in [0.05, 0.1) is 17.4 Å². The summed E-state index contributed by atoms with van der Waals surface area (Å²) in [6.07, 6.45) is 2.27. The molecule has 1 saturated heterocycles. The molecule has 0 aliphatic carbocycles. The molecule has 2 rings (SSSR count). The second kappa shape index (κ2) is 5.74. The van der Waals surface area contributed by atoms with E-state index in [1.807, 2.05) is 18.5 Å². The minimum absolute atomic E-state index is 0.0103. The molecule has 1 aromatic rings. The summed E-state index contributed by atoms with van der Waals surface area (Å²) in [6.45, 7) is 7.93. The standard InChI is InChI=1S/C14H23N3O2/c1-4-7-17-11(3)13(10(2)15-17)14(19)16-8-5-6-12(18)9-16/h12,18H,4-9H2,1-3H3. The number of hydrogen-bond acceptors (Lipinski definition) is 3. The van der Waals surface area contributed by atoms with Crippen molar-refractivity contribution in [1.29, 1.82) is 0 Å². The first-order chi connectivity index (χ1) is 9.04. The van der Waals surface area contributed by atoms with Crippen LogP contribution in [0.5, 0.6) is 0 Å². The van der Waals surface area contributed by atoms with Gasteiger partial charge in [-0.3, -0.25) is 9.48 Å². The molecule has 1 amide bonds. The molecule has 1 aliphatic heterocycles. The molecule has 0 radical (unpaired) electrons. The van der Waals surface area contributed by atoms with Gasteiger partial charge >= 0.3 is 0 Å². The fourth-order valence-corrected chi connectivity index (χ4v) is 2.73. The summed E-state index contributed by atoms with van der Waals surface area (Å²) in [4.78, 5) is 14.3. The fraction of sp³-hybridized carbons (Fsp3) is 0.714. The van der Waals surface area contributed by atoms with Crippen molar-refractivity contribution in [2.75, 3.05) is 13.1 Å². The van der Waals surface area contributed by atoms with E-state index in [0.717, 1.165) is 43.7 Å². The van der Waals surface area contributed by atoms with Crippen molar-refractivity contribution in [3.05, 3.63) is 17.0 Å². The van der Waals surface area contributed by atoms with Crippen LogP contribution >= 0.6 is 0 Å². The molecule has 0 aromatic carbocycles. The monoisotopic (exact) mass is 265 g/mol. The zero-order valence-corrected chi connectivity index (χ0v) is 12.0. The number of likely N-dealkylation sites (tertiary alicyclic amines) is 1. The van der Waals surface area contributed by atoms with Gasteiger partial charge in [-0.05, 0) is 33.1 Å². The molecule has 19 heavy (non-hydrogen) atoms. The average molecular weight is 265 g/mol. The highest BCUT2D eigenvalue weighted by atomic mass is 16.3. The molecule has 1 unspecified atom stereocenters. The van der Waals surface area contributed by atoms with Gasteiger partial charge in [-0.25, -0.2) is 0 Å². The molecule has 1 N–H and O–H groups in total. The number of carbonyl (C=O) groups excluding carboxylic acids is 1. The molecular formula is C14H23N3O2. The number of carbonyl (C=O) groups is 1. The smallest absolute Gasteiger partial charge is 0.257 e. The Kier molecular flexibility index (Phi) is 4.24. The van der Waals surface area contributed by atoms with Crippen molar-refractivity contribution in [3.63, 3.8) is 0 Å². The Labute approximate surface area is 114 Å². The van der Waals surface area contributed by atoms with Crippen molar-refractivity contribution in [3.8, 4) is 0 Å². The largest absolute Gasteiger partial charge is 0.391 e. The number of aromatic nitrogens is 2. The first-order valence-corrected chi connectivity index (χ1v) is 7.06. The third-order valence-electron chi connectivity index (χ3n) is 3.71. The van der Waals surface area contributed by atoms with Crippen molar-refractivity contribution in [1.82, 2.24) is 14.7 Å².